The summed E-state index contributed by atoms with van der Waals surface area (Å²) in [6, 6.07) is 4.90. The van der Waals surface area contributed by atoms with Crippen molar-refractivity contribution in [1.29, 1.82) is 0 Å². The molecule has 1 aromatic carbocycles. The first-order valence-corrected chi connectivity index (χ1v) is 5.57. The van der Waals surface area contributed by atoms with Gasteiger partial charge in [-0.1, -0.05) is 0 Å². The van der Waals surface area contributed by atoms with Crippen molar-refractivity contribution in [3.8, 4) is 0 Å². The molecule has 0 spiro atoms. The van der Waals surface area contributed by atoms with Crippen molar-refractivity contribution < 1.29 is 24.0 Å². The number of benzene rings is 1. The fourth-order valence-corrected chi connectivity index (χ4v) is 1.26. The summed E-state index contributed by atoms with van der Waals surface area (Å²) in [6.07, 6.45) is -1.03. The molecule has 0 saturated heterocycles. The SMILES string of the molecule is CCOC(=O)[C@H](C)OC(=O)c1ccc([N+](=O)[O-])cc1. The van der Waals surface area contributed by atoms with E-state index in [9.17, 15) is 19.7 Å². The van der Waals surface area contributed by atoms with Crippen molar-refractivity contribution in [1.82, 2.24) is 0 Å². The van der Waals surface area contributed by atoms with Gasteiger partial charge in [0.2, 0.25) is 0 Å². The molecule has 0 unspecified atom stereocenters. The minimum absolute atomic E-state index is 0.127. The van der Waals surface area contributed by atoms with Gasteiger partial charge in [0.05, 0.1) is 17.1 Å². The molecule has 0 amide bonds. The molecule has 0 aliphatic heterocycles. The van der Waals surface area contributed by atoms with Gasteiger partial charge in [0.25, 0.3) is 5.69 Å². The topological polar surface area (TPSA) is 95.7 Å². The van der Waals surface area contributed by atoms with Gasteiger partial charge in [0.1, 0.15) is 0 Å². The number of hydrogen-bond donors (Lipinski definition) is 0. The molecular weight excluding hydrogens is 254 g/mol. The number of carbonyl (C=O) groups excluding carboxylic acids is 2. The fourth-order valence-electron chi connectivity index (χ4n) is 1.26. The van der Waals surface area contributed by atoms with Crippen LogP contribution in [0.25, 0.3) is 0 Å². The van der Waals surface area contributed by atoms with Crippen molar-refractivity contribution in [3.63, 3.8) is 0 Å². The summed E-state index contributed by atoms with van der Waals surface area (Å²) in [5, 5.41) is 10.4. The van der Waals surface area contributed by atoms with E-state index in [-0.39, 0.29) is 17.9 Å². The second-order valence-electron chi connectivity index (χ2n) is 3.60. The maximum Gasteiger partial charge on any atom is 0.347 e. The van der Waals surface area contributed by atoms with Crippen LogP contribution in [0.4, 0.5) is 5.69 Å². The van der Waals surface area contributed by atoms with Crippen LogP contribution in [-0.2, 0) is 14.3 Å². The van der Waals surface area contributed by atoms with E-state index < -0.39 is 23.0 Å². The maximum absolute atomic E-state index is 11.6. The van der Waals surface area contributed by atoms with Crippen LogP contribution in [0.15, 0.2) is 24.3 Å². The van der Waals surface area contributed by atoms with Crippen molar-refractivity contribution in [2.75, 3.05) is 6.61 Å². The first-order chi connectivity index (χ1) is 8.95. The van der Waals surface area contributed by atoms with E-state index in [2.05, 4.69) is 4.74 Å². The van der Waals surface area contributed by atoms with Crippen LogP contribution in [0.2, 0.25) is 0 Å². The number of ether oxygens (including phenoxy) is 2. The van der Waals surface area contributed by atoms with Gasteiger partial charge in [-0.3, -0.25) is 10.1 Å². The zero-order valence-corrected chi connectivity index (χ0v) is 10.5. The minimum Gasteiger partial charge on any atom is -0.463 e. The van der Waals surface area contributed by atoms with Gasteiger partial charge >= 0.3 is 11.9 Å². The second kappa shape index (κ2) is 6.48. The van der Waals surface area contributed by atoms with Crippen LogP contribution >= 0.6 is 0 Å². The third-order valence-corrected chi connectivity index (χ3v) is 2.22. The zero-order chi connectivity index (χ0) is 14.4. The fraction of sp³-hybridized carbons (Fsp3) is 0.333. The van der Waals surface area contributed by atoms with Crippen molar-refractivity contribution in [2.24, 2.45) is 0 Å². The summed E-state index contributed by atoms with van der Waals surface area (Å²) in [5.41, 5.74) is -0.00302. The van der Waals surface area contributed by atoms with Crippen LogP contribution in [0.1, 0.15) is 24.2 Å². The monoisotopic (exact) mass is 267 g/mol. The third kappa shape index (κ3) is 4.06. The van der Waals surface area contributed by atoms with E-state index in [1.165, 1.54) is 31.2 Å². The van der Waals surface area contributed by atoms with E-state index in [4.69, 9.17) is 4.74 Å². The molecule has 0 fully saturated rings. The average Bonchev–Trinajstić information content (AvgIpc) is 2.38. The van der Waals surface area contributed by atoms with Crippen LogP contribution in [0, 0.1) is 10.1 Å². The van der Waals surface area contributed by atoms with Crippen LogP contribution in [-0.4, -0.2) is 29.6 Å². The number of non-ortho nitro benzene ring substituents is 1. The van der Waals surface area contributed by atoms with Crippen molar-refractivity contribution >= 4 is 17.6 Å². The van der Waals surface area contributed by atoms with Gasteiger partial charge in [-0.05, 0) is 26.0 Å². The molecule has 0 bridgehead atoms. The summed E-state index contributed by atoms with van der Waals surface area (Å²) in [6.45, 7) is 3.22. The molecule has 0 heterocycles. The number of esters is 2. The highest BCUT2D eigenvalue weighted by atomic mass is 16.6. The molecule has 1 aromatic rings. The number of rotatable bonds is 5. The Morgan fingerprint density at radius 3 is 2.37 bits per heavy atom. The van der Waals surface area contributed by atoms with E-state index in [0.29, 0.717) is 0 Å². The lowest BCUT2D eigenvalue weighted by Gasteiger charge is -2.11. The predicted molar refractivity (Wildman–Crippen MR) is 64.6 cm³/mol. The maximum atomic E-state index is 11.6. The Labute approximate surface area is 109 Å². The Morgan fingerprint density at radius 2 is 1.89 bits per heavy atom. The standard InChI is InChI=1S/C12H13NO6/c1-3-18-11(14)8(2)19-12(15)9-4-6-10(7-5-9)13(16)17/h4-8H,3H2,1-2H3/t8-/m0/s1. The molecule has 0 radical (unpaired) electrons. The second-order valence-corrected chi connectivity index (χ2v) is 3.60. The molecule has 1 rings (SSSR count). The first kappa shape index (κ1) is 14.6. The molecule has 1 atom stereocenters. The Bertz CT molecular complexity index is 481. The lowest BCUT2D eigenvalue weighted by atomic mass is 10.2. The van der Waals surface area contributed by atoms with Crippen LogP contribution in [0.5, 0.6) is 0 Å². The van der Waals surface area contributed by atoms with E-state index in [0.717, 1.165) is 0 Å². The normalized spacial score (nSPS) is 11.5. The largest absolute Gasteiger partial charge is 0.463 e. The molecule has 0 aliphatic carbocycles. The third-order valence-electron chi connectivity index (χ3n) is 2.22. The Hall–Kier alpha value is -2.44. The number of hydrogen-bond acceptors (Lipinski definition) is 6. The summed E-state index contributed by atoms with van der Waals surface area (Å²) >= 11 is 0. The van der Waals surface area contributed by atoms with E-state index in [1.807, 2.05) is 0 Å². The number of nitrogens with zero attached hydrogens (tertiary/aromatic N) is 1. The molecule has 19 heavy (non-hydrogen) atoms. The highest BCUT2D eigenvalue weighted by molar-refractivity contribution is 5.91. The zero-order valence-electron chi connectivity index (χ0n) is 10.5. The Balaban J connectivity index is 2.68. The van der Waals surface area contributed by atoms with Crippen molar-refractivity contribution in [2.45, 2.75) is 20.0 Å². The van der Waals surface area contributed by atoms with Gasteiger partial charge < -0.3 is 9.47 Å². The molecule has 0 aromatic heterocycles. The van der Waals surface area contributed by atoms with Crippen LogP contribution in [0.3, 0.4) is 0 Å². The predicted octanol–water partition coefficient (Wildman–Crippen LogP) is 1.70. The lowest BCUT2D eigenvalue weighted by Crippen LogP contribution is -2.26. The number of nitro groups is 1. The summed E-state index contributed by atoms with van der Waals surface area (Å²) in [4.78, 5) is 32.8. The van der Waals surface area contributed by atoms with Gasteiger partial charge in [-0.2, -0.15) is 0 Å². The quantitative estimate of drug-likeness (QED) is 0.457. The van der Waals surface area contributed by atoms with E-state index in [1.54, 1.807) is 6.92 Å². The van der Waals surface area contributed by atoms with Gasteiger partial charge in [-0.25, -0.2) is 9.59 Å². The van der Waals surface area contributed by atoms with E-state index >= 15 is 0 Å². The van der Waals surface area contributed by atoms with Gasteiger partial charge in [0, 0.05) is 12.1 Å². The number of nitro benzene ring substituents is 1. The van der Waals surface area contributed by atoms with Gasteiger partial charge in [0.15, 0.2) is 6.10 Å². The Kier molecular flexibility index (Phi) is 4.99. The molecule has 0 aliphatic rings. The molecule has 102 valence electrons. The summed E-state index contributed by atoms with van der Waals surface area (Å²) in [5.74, 6) is -1.38. The smallest absolute Gasteiger partial charge is 0.347 e. The highest BCUT2D eigenvalue weighted by Gasteiger charge is 2.20. The highest BCUT2D eigenvalue weighted by Crippen LogP contribution is 2.13. The molecule has 7 nitrogen and oxygen atoms in total. The Morgan fingerprint density at radius 1 is 1.32 bits per heavy atom. The number of carbonyl (C=O) groups is 2. The minimum atomic E-state index is -1.03. The van der Waals surface area contributed by atoms with Crippen LogP contribution < -0.4 is 0 Å². The molecule has 0 saturated carbocycles. The molecule has 7 heteroatoms. The lowest BCUT2D eigenvalue weighted by molar-refractivity contribution is -0.384. The van der Waals surface area contributed by atoms with Gasteiger partial charge in [-0.15, -0.1) is 0 Å². The van der Waals surface area contributed by atoms with Crippen molar-refractivity contribution in [3.05, 3.63) is 39.9 Å². The molecule has 0 N–H and O–H groups in total. The molecular formula is C12H13NO6. The summed E-state index contributed by atoms with van der Waals surface area (Å²) < 4.78 is 9.55. The summed E-state index contributed by atoms with van der Waals surface area (Å²) in [7, 11) is 0. The average molecular weight is 267 g/mol. The first-order valence-electron chi connectivity index (χ1n) is 5.57.